The van der Waals surface area contributed by atoms with Gasteiger partial charge in [-0.25, -0.2) is 4.39 Å². The van der Waals surface area contributed by atoms with E-state index < -0.39 is 22.8 Å². The molecule has 25 heavy (non-hydrogen) atoms. The lowest BCUT2D eigenvalue weighted by molar-refractivity contribution is 0.0997. The summed E-state index contributed by atoms with van der Waals surface area (Å²) in [5.41, 5.74) is 5.72. The number of hydrogen-bond donors (Lipinski definition) is 3. The van der Waals surface area contributed by atoms with Crippen LogP contribution in [0.3, 0.4) is 0 Å². The molecule has 0 fully saturated rings. The van der Waals surface area contributed by atoms with Crippen LogP contribution in [0, 0.1) is 11.2 Å². The lowest BCUT2D eigenvalue weighted by Crippen LogP contribution is -2.30. The van der Waals surface area contributed by atoms with Crippen molar-refractivity contribution in [2.24, 2.45) is 5.73 Å². The molecule has 0 aliphatic carbocycles. The monoisotopic (exact) mass is 407 g/mol. The number of benzene rings is 1. The van der Waals surface area contributed by atoms with E-state index in [1.54, 1.807) is 0 Å². The van der Waals surface area contributed by atoms with Crippen LogP contribution in [0.5, 0.6) is 0 Å². The van der Waals surface area contributed by atoms with Gasteiger partial charge in [-0.05, 0) is 40.9 Å². The minimum absolute atomic E-state index is 0. The number of pyridine rings is 1. The van der Waals surface area contributed by atoms with Gasteiger partial charge in [0.25, 0.3) is 5.91 Å². The molecule has 1 atom stereocenters. The highest BCUT2D eigenvalue weighted by Crippen LogP contribution is 2.19. The van der Waals surface area contributed by atoms with E-state index in [0.29, 0.717) is 11.3 Å². The van der Waals surface area contributed by atoms with Crippen molar-refractivity contribution in [3.05, 3.63) is 57.9 Å². The standard InChI is InChI=1S/C14H14ClFN4O3S.ClH/c15-9-4-11(14(18)21)13(17)20(6-9)5-8-3-10(16)1-2-12(8)19-7-24(22)23;/h1-4,6,17,19H,5,7H2,(H2,18,21)(H,22,23);1H/p-1. The molecule has 1 heterocycles. The second kappa shape index (κ2) is 8.95. The minimum atomic E-state index is -2.33. The predicted molar refractivity (Wildman–Crippen MR) is 94.0 cm³/mol. The Balaban J connectivity index is 0.00000312. The van der Waals surface area contributed by atoms with Crippen LogP contribution in [-0.2, 0) is 17.6 Å². The molecule has 4 N–H and O–H groups in total. The van der Waals surface area contributed by atoms with Crippen molar-refractivity contribution in [2.45, 2.75) is 6.54 Å². The summed E-state index contributed by atoms with van der Waals surface area (Å²) in [6.45, 7) is -0.00867. The van der Waals surface area contributed by atoms with Crippen molar-refractivity contribution in [3.63, 3.8) is 0 Å². The van der Waals surface area contributed by atoms with Crippen molar-refractivity contribution in [2.75, 3.05) is 11.2 Å². The number of nitrogens with one attached hydrogen (secondary N) is 2. The number of rotatable bonds is 6. The molecular formula is C14H14Cl2FN4O3S-. The number of carbonyl (C=O) groups is 1. The van der Waals surface area contributed by atoms with Crippen LogP contribution in [0.1, 0.15) is 15.9 Å². The molecule has 1 unspecified atom stereocenters. The average Bonchev–Trinajstić information content (AvgIpc) is 2.49. The van der Waals surface area contributed by atoms with Gasteiger partial charge in [0.2, 0.25) is 0 Å². The fourth-order valence-electron chi connectivity index (χ4n) is 2.11. The molecule has 0 aliphatic heterocycles. The third-order valence-electron chi connectivity index (χ3n) is 3.16. The number of halogens is 3. The zero-order chi connectivity index (χ0) is 17.9. The number of aromatic nitrogens is 1. The van der Waals surface area contributed by atoms with Crippen LogP contribution in [-0.4, -0.2) is 25.1 Å². The zero-order valence-corrected chi connectivity index (χ0v) is 15.0. The van der Waals surface area contributed by atoms with Crippen molar-refractivity contribution in [1.82, 2.24) is 4.57 Å². The van der Waals surface area contributed by atoms with E-state index in [-0.39, 0.29) is 40.9 Å². The molecule has 0 bridgehead atoms. The Kier molecular flexibility index (Phi) is 7.56. The maximum atomic E-state index is 13.5. The van der Waals surface area contributed by atoms with Crippen LogP contribution >= 0.6 is 24.0 Å². The summed E-state index contributed by atoms with van der Waals surface area (Å²) in [6.07, 6.45) is 1.40. The number of nitrogens with zero attached hydrogens (tertiary/aromatic N) is 1. The van der Waals surface area contributed by atoms with Gasteiger partial charge >= 0.3 is 0 Å². The Hall–Kier alpha value is -1.94. The zero-order valence-electron chi connectivity index (χ0n) is 12.6. The first-order valence-corrected chi connectivity index (χ1v) is 8.22. The Morgan fingerprint density at radius 2 is 2.12 bits per heavy atom. The fraction of sp³-hybridized carbons (Fsp3) is 0.143. The topological polar surface area (TPSA) is 124 Å². The Morgan fingerprint density at radius 3 is 2.72 bits per heavy atom. The number of anilines is 1. The van der Waals surface area contributed by atoms with Gasteiger partial charge in [0.15, 0.2) is 0 Å². The summed E-state index contributed by atoms with van der Waals surface area (Å²) in [5, 5.41) is 10.8. The van der Waals surface area contributed by atoms with Gasteiger partial charge in [0.1, 0.15) is 11.3 Å². The predicted octanol–water partition coefficient (Wildman–Crippen LogP) is 1.58. The molecule has 2 aromatic rings. The normalized spacial score (nSPS) is 11.5. The smallest absolute Gasteiger partial charge is 0.252 e. The van der Waals surface area contributed by atoms with E-state index in [1.807, 2.05) is 0 Å². The molecule has 1 aromatic carbocycles. The minimum Gasteiger partial charge on any atom is -0.771 e. The van der Waals surface area contributed by atoms with Gasteiger partial charge in [0, 0.05) is 11.9 Å². The first kappa shape index (κ1) is 21.1. The van der Waals surface area contributed by atoms with Crippen molar-refractivity contribution in [1.29, 1.82) is 5.41 Å². The lowest BCUT2D eigenvalue weighted by atomic mass is 10.1. The van der Waals surface area contributed by atoms with E-state index >= 15 is 0 Å². The third kappa shape index (κ3) is 5.53. The SMILES string of the molecule is Cl.N=c1c(C(N)=O)cc(Cl)cn1Cc1cc(F)ccc1NCS(=O)[O-]. The molecule has 0 radical (unpaired) electrons. The second-order valence-corrected chi connectivity index (χ2v) is 6.17. The molecule has 7 nitrogen and oxygen atoms in total. The first-order chi connectivity index (χ1) is 11.3. The van der Waals surface area contributed by atoms with Gasteiger partial charge in [0.05, 0.1) is 23.0 Å². The largest absolute Gasteiger partial charge is 0.771 e. The van der Waals surface area contributed by atoms with E-state index in [1.165, 1.54) is 35.0 Å². The molecule has 11 heteroatoms. The first-order valence-electron chi connectivity index (χ1n) is 6.60. The number of carbonyl (C=O) groups excluding carboxylic acids is 1. The summed E-state index contributed by atoms with van der Waals surface area (Å²) < 4.78 is 36.2. The summed E-state index contributed by atoms with van der Waals surface area (Å²) >= 11 is 3.60. The van der Waals surface area contributed by atoms with E-state index in [9.17, 15) is 17.9 Å². The highest BCUT2D eigenvalue weighted by Gasteiger charge is 2.11. The summed E-state index contributed by atoms with van der Waals surface area (Å²) in [6, 6.07) is 5.04. The van der Waals surface area contributed by atoms with E-state index in [2.05, 4.69) is 5.32 Å². The molecule has 2 rings (SSSR count). The summed E-state index contributed by atoms with van der Waals surface area (Å²) in [7, 11) is 0. The van der Waals surface area contributed by atoms with Crippen LogP contribution in [0.4, 0.5) is 10.1 Å². The van der Waals surface area contributed by atoms with Gasteiger partial charge in [-0.3, -0.25) is 14.4 Å². The van der Waals surface area contributed by atoms with Crippen LogP contribution in [0.25, 0.3) is 0 Å². The van der Waals surface area contributed by atoms with Gasteiger partial charge in [-0.2, -0.15) is 0 Å². The molecular weight excluding hydrogens is 394 g/mol. The third-order valence-corrected chi connectivity index (χ3v) is 3.74. The van der Waals surface area contributed by atoms with Crippen LogP contribution in [0.2, 0.25) is 5.02 Å². The Labute approximate surface area is 156 Å². The van der Waals surface area contributed by atoms with Gasteiger partial charge < -0.3 is 20.2 Å². The van der Waals surface area contributed by atoms with Crippen molar-refractivity contribution < 1.29 is 17.9 Å². The number of hydrogen-bond acceptors (Lipinski definition) is 5. The molecule has 1 amide bonds. The molecule has 0 spiro atoms. The van der Waals surface area contributed by atoms with Crippen molar-refractivity contribution >= 4 is 46.7 Å². The maximum Gasteiger partial charge on any atom is 0.252 e. The quantitative estimate of drug-likeness (QED) is 0.628. The highest BCUT2D eigenvalue weighted by atomic mass is 35.5. The highest BCUT2D eigenvalue weighted by molar-refractivity contribution is 7.79. The molecule has 1 aromatic heterocycles. The van der Waals surface area contributed by atoms with Gasteiger partial charge in [-0.15, -0.1) is 12.4 Å². The Bertz CT molecular complexity index is 876. The van der Waals surface area contributed by atoms with E-state index in [4.69, 9.17) is 22.7 Å². The molecule has 0 aliphatic rings. The van der Waals surface area contributed by atoms with Crippen LogP contribution < -0.4 is 16.5 Å². The van der Waals surface area contributed by atoms with Crippen molar-refractivity contribution in [3.8, 4) is 0 Å². The summed E-state index contributed by atoms with van der Waals surface area (Å²) in [5.74, 6) is -1.68. The molecule has 136 valence electrons. The number of primary amides is 1. The molecule has 0 saturated heterocycles. The second-order valence-electron chi connectivity index (χ2n) is 4.84. The summed E-state index contributed by atoms with van der Waals surface area (Å²) in [4.78, 5) is 11.4. The van der Waals surface area contributed by atoms with E-state index in [0.717, 1.165) is 0 Å². The van der Waals surface area contributed by atoms with Crippen LogP contribution in [0.15, 0.2) is 30.5 Å². The number of amides is 1. The fourth-order valence-corrected chi connectivity index (χ4v) is 2.61. The molecule has 0 saturated carbocycles. The average molecular weight is 408 g/mol. The maximum absolute atomic E-state index is 13.5. The lowest BCUT2D eigenvalue weighted by Gasteiger charge is -2.16. The van der Waals surface area contributed by atoms with Gasteiger partial charge in [-0.1, -0.05) is 11.6 Å². The number of nitrogens with two attached hydrogens (primary N) is 1. The Morgan fingerprint density at radius 1 is 1.44 bits per heavy atom.